The Labute approximate surface area is 207 Å². The topological polar surface area (TPSA) is 66.0 Å². The summed E-state index contributed by atoms with van der Waals surface area (Å²) < 4.78 is 5.57. The Morgan fingerprint density at radius 1 is 1.06 bits per heavy atom. The van der Waals surface area contributed by atoms with Gasteiger partial charge in [-0.2, -0.15) is 0 Å². The van der Waals surface area contributed by atoms with E-state index in [1.807, 2.05) is 11.0 Å². The molecule has 0 atom stereocenters. The van der Waals surface area contributed by atoms with Gasteiger partial charge in [0.05, 0.1) is 6.61 Å². The summed E-state index contributed by atoms with van der Waals surface area (Å²) in [4.78, 5) is 18.8. The van der Waals surface area contributed by atoms with E-state index in [4.69, 9.17) is 4.74 Å². The Hall–Kier alpha value is -2.29. The highest BCUT2D eigenvalue weighted by atomic mass is 127. The monoisotopic (exact) mass is 548 g/mol. The summed E-state index contributed by atoms with van der Waals surface area (Å²) in [6.45, 7) is 3.89. The second kappa shape index (κ2) is 12.1. The van der Waals surface area contributed by atoms with Gasteiger partial charge in [0.25, 0.3) is 0 Å². The van der Waals surface area contributed by atoms with Gasteiger partial charge in [-0.25, -0.2) is 0 Å². The SMILES string of the molecule is CN=C(NCCCC(=O)N1CCc2ccccc2C1)NCCc1ccc2c(c1)CCO2.I. The Kier molecular flexibility index (Phi) is 9.20. The van der Waals surface area contributed by atoms with Crippen molar-refractivity contribution in [2.24, 2.45) is 4.99 Å². The Morgan fingerprint density at radius 3 is 2.72 bits per heavy atom. The minimum atomic E-state index is 0. The number of halogens is 1. The van der Waals surface area contributed by atoms with Crippen LogP contribution in [0.25, 0.3) is 0 Å². The van der Waals surface area contributed by atoms with Gasteiger partial charge < -0.3 is 20.3 Å². The first-order valence-electron chi connectivity index (χ1n) is 11.3. The maximum absolute atomic E-state index is 12.6. The number of rotatable bonds is 7. The third-order valence-corrected chi connectivity index (χ3v) is 6.03. The van der Waals surface area contributed by atoms with Crippen LogP contribution in [0, 0.1) is 0 Å². The van der Waals surface area contributed by atoms with Gasteiger partial charge in [0.1, 0.15) is 5.75 Å². The molecule has 0 saturated carbocycles. The predicted molar refractivity (Wildman–Crippen MR) is 139 cm³/mol. The lowest BCUT2D eigenvalue weighted by molar-refractivity contribution is -0.132. The molecule has 0 bridgehead atoms. The van der Waals surface area contributed by atoms with Crippen LogP contribution in [0.3, 0.4) is 0 Å². The standard InChI is InChI=1S/C25H32N4O2.HI/c1-26-25(28-14-10-19-8-9-23-21(17-19)12-16-31-23)27-13-4-7-24(30)29-15-11-20-5-2-3-6-22(20)18-29;/h2-3,5-6,8-9,17H,4,7,10-16,18H2,1H3,(H2,26,27,28);1H. The Morgan fingerprint density at radius 2 is 1.88 bits per heavy atom. The number of ether oxygens (including phenoxy) is 1. The number of aliphatic imine (C=N–C) groups is 1. The van der Waals surface area contributed by atoms with Gasteiger partial charge in [0.15, 0.2) is 5.96 Å². The lowest BCUT2D eigenvalue weighted by Gasteiger charge is -2.29. The van der Waals surface area contributed by atoms with Crippen LogP contribution in [-0.4, -0.2) is 50.1 Å². The molecule has 0 unspecified atom stereocenters. The summed E-state index contributed by atoms with van der Waals surface area (Å²) in [5, 5.41) is 6.68. The van der Waals surface area contributed by atoms with E-state index in [1.54, 1.807) is 7.05 Å². The maximum Gasteiger partial charge on any atom is 0.222 e. The zero-order valence-electron chi connectivity index (χ0n) is 18.7. The first-order valence-corrected chi connectivity index (χ1v) is 11.3. The van der Waals surface area contributed by atoms with Gasteiger partial charge in [-0.1, -0.05) is 36.4 Å². The molecule has 0 fully saturated rings. The van der Waals surface area contributed by atoms with Gasteiger partial charge in [-0.15, -0.1) is 24.0 Å². The average molecular weight is 548 g/mol. The number of amides is 1. The van der Waals surface area contributed by atoms with E-state index >= 15 is 0 Å². The second-order valence-electron chi connectivity index (χ2n) is 8.15. The third-order valence-electron chi connectivity index (χ3n) is 6.03. The fourth-order valence-electron chi connectivity index (χ4n) is 4.25. The first-order chi connectivity index (χ1) is 15.2. The zero-order chi connectivity index (χ0) is 21.5. The fraction of sp³-hybridized carbons (Fsp3) is 0.440. The van der Waals surface area contributed by atoms with Crippen molar-refractivity contribution in [2.45, 2.75) is 38.6 Å². The van der Waals surface area contributed by atoms with Crippen LogP contribution in [0.15, 0.2) is 47.5 Å². The van der Waals surface area contributed by atoms with Crippen molar-refractivity contribution < 1.29 is 9.53 Å². The van der Waals surface area contributed by atoms with Crippen LogP contribution in [0.5, 0.6) is 5.75 Å². The number of benzene rings is 2. The molecule has 172 valence electrons. The van der Waals surface area contributed by atoms with Crippen molar-refractivity contribution in [2.75, 3.05) is 33.3 Å². The molecule has 2 heterocycles. The summed E-state index contributed by atoms with van der Waals surface area (Å²) in [5.74, 6) is 2.04. The summed E-state index contributed by atoms with van der Waals surface area (Å²) in [5.41, 5.74) is 5.26. The molecule has 2 N–H and O–H groups in total. The number of carbonyl (C=O) groups is 1. The number of nitrogens with one attached hydrogen (secondary N) is 2. The van der Waals surface area contributed by atoms with Crippen LogP contribution < -0.4 is 15.4 Å². The predicted octanol–water partition coefficient (Wildman–Crippen LogP) is 3.31. The quantitative estimate of drug-likeness (QED) is 0.241. The number of hydrogen-bond acceptors (Lipinski definition) is 3. The summed E-state index contributed by atoms with van der Waals surface area (Å²) in [6, 6.07) is 14.9. The van der Waals surface area contributed by atoms with Crippen LogP contribution in [0.2, 0.25) is 0 Å². The van der Waals surface area contributed by atoms with Crippen LogP contribution in [-0.2, 0) is 30.6 Å². The number of carbonyl (C=O) groups excluding carboxylic acids is 1. The maximum atomic E-state index is 12.6. The van der Waals surface area contributed by atoms with E-state index in [0.29, 0.717) is 6.42 Å². The number of fused-ring (bicyclic) bond motifs is 2. The molecule has 0 radical (unpaired) electrons. The average Bonchev–Trinajstić information content (AvgIpc) is 3.28. The molecule has 2 aromatic carbocycles. The molecule has 0 saturated heterocycles. The third kappa shape index (κ3) is 6.37. The molecule has 0 aliphatic carbocycles. The summed E-state index contributed by atoms with van der Waals surface area (Å²) in [6.07, 6.45) is 4.24. The fourth-order valence-corrected chi connectivity index (χ4v) is 4.25. The minimum Gasteiger partial charge on any atom is -0.493 e. The summed E-state index contributed by atoms with van der Waals surface area (Å²) in [7, 11) is 1.78. The molecule has 0 spiro atoms. The van der Waals surface area contributed by atoms with Crippen molar-refractivity contribution in [3.63, 3.8) is 0 Å². The minimum absolute atomic E-state index is 0. The molecule has 6 nitrogen and oxygen atoms in total. The molecule has 2 aliphatic heterocycles. The van der Waals surface area contributed by atoms with E-state index in [0.717, 1.165) is 70.2 Å². The van der Waals surface area contributed by atoms with Gasteiger partial charge in [-0.05, 0) is 47.6 Å². The first kappa shape index (κ1) is 24.4. The smallest absolute Gasteiger partial charge is 0.222 e. The van der Waals surface area contributed by atoms with Crippen LogP contribution in [0.4, 0.5) is 0 Å². The molecule has 7 heteroatoms. The van der Waals surface area contributed by atoms with Crippen molar-refractivity contribution >= 4 is 35.8 Å². The summed E-state index contributed by atoms with van der Waals surface area (Å²) >= 11 is 0. The lowest BCUT2D eigenvalue weighted by Crippen LogP contribution is -2.39. The van der Waals surface area contributed by atoms with E-state index in [2.05, 4.69) is 52.0 Å². The van der Waals surface area contributed by atoms with E-state index in [1.165, 1.54) is 22.3 Å². The van der Waals surface area contributed by atoms with E-state index in [-0.39, 0.29) is 29.9 Å². The van der Waals surface area contributed by atoms with E-state index < -0.39 is 0 Å². The van der Waals surface area contributed by atoms with Gasteiger partial charge in [0, 0.05) is 46.1 Å². The molecule has 2 aromatic rings. The van der Waals surface area contributed by atoms with Crippen molar-refractivity contribution in [1.82, 2.24) is 15.5 Å². The number of nitrogens with zero attached hydrogens (tertiary/aromatic N) is 2. The van der Waals surface area contributed by atoms with Crippen molar-refractivity contribution in [3.8, 4) is 5.75 Å². The molecular weight excluding hydrogens is 515 g/mol. The molecule has 32 heavy (non-hydrogen) atoms. The highest BCUT2D eigenvalue weighted by Gasteiger charge is 2.19. The number of guanidine groups is 1. The Balaban J connectivity index is 0.00000289. The molecule has 4 rings (SSSR count). The lowest BCUT2D eigenvalue weighted by atomic mass is 9.99. The Bertz CT molecular complexity index is 947. The van der Waals surface area contributed by atoms with Crippen molar-refractivity contribution in [1.29, 1.82) is 0 Å². The second-order valence-corrected chi connectivity index (χ2v) is 8.15. The molecule has 2 aliphatic rings. The largest absolute Gasteiger partial charge is 0.493 e. The highest BCUT2D eigenvalue weighted by molar-refractivity contribution is 14.0. The van der Waals surface area contributed by atoms with Crippen LogP contribution in [0.1, 0.15) is 35.1 Å². The zero-order valence-corrected chi connectivity index (χ0v) is 21.1. The molecule has 0 aromatic heterocycles. The highest BCUT2D eigenvalue weighted by Crippen LogP contribution is 2.25. The van der Waals surface area contributed by atoms with Gasteiger partial charge >= 0.3 is 0 Å². The normalized spacial score (nSPS) is 14.7. The van der Waals surface area contributed by atoms with E-state index in [9.17, 15) is 4.79 Å². The van der Waals surface area contributed by atoms with Gasteiger partial charge in [-0.3, -0.25) is 9.79 Å². The van der Waals surface area contributed by atoms with Gasteiger partial charge in [0.2, 0.25) is 5.91 Å². The number of hydrogen-bond donors (Lipinski definition) is 2. The van der Waals surface area contributed by atoms with Crippen LogP contribution >= 0.6 is 24.0 Å². The van der Waals surface area contributed by atoms with Crippen molar-refractivity contribution in [3.05, 3.63) is 64.7 Å². The molecule has 1 amide bonds. The molecular formula is C25H33IN4O2.